The monoisotopic (exact) mass is 493 g/mol. The second-order valence-electron chi connectivity index (χ2n) is 9.73. The molecule has 1 aliphatic heterocycles. The van der Waals surface area contributed by atoms with Crippen LogP contribution in [0.4, 0.5) is 0 Å². The predicted octanol–water partition coefficient (Wildman–Crippen LogP) is 4.75. The lowest BCUT2D eigenvalue weighted by molar-refractivity contribution is -0.0164. The lowest BCUT2D eigenvalue weighted by atomic mass is 9.72. The third kappa shape index (κ3) is 6.13. The zero-order chi connectivity index (χ0) is 24.9. The van der Waals surface area contributed by atoms with Crippen LogP contribution < -0.4 is 4.74 Å². The van der Waals surface area contributed by atoms with Gasteiger partial charge in [-0.25, -0.2) is 8.42 Å². The molecule has 35 heavy (non-hydrogen) atoms. The summed E-state index contributed by atoms with van der Waals surface area (Å²) in [6.45, 7) is 5.51. The summed E-state index contributed by atoms with van der Waals surface area (Å²) in [7, 11) is -3.20. The topological polar surface area (TPSA) is 66.8 Å². The average molecular weight is 494 g/mol. The quantitative estimate of drug-likeness (QED) is 0.466. The van der Waals surface area contributed by atoms with Crippen molar-refractivity contribution in [1.82, 2.24) is 4.90 Å². The Bertz CT molecular complexity index is 1130. The Morgan fingerprint density at radius 3 is 1.91 bits per heavy atom. The van der Waals surface area contributed by atoms with Crippen molar-refractivity contribution in [3.05, 3.63) is 96.1 Å². The number of nitrogens with zero attached hydrogens (tertiary/aromatic N) is 1. The minimum Gasteiger partial charge on any atom is -0.493 e. The summed E-state index contributed by atoms with van der Waals surface area (Å²) in [5.74, 6) is 1.14. The summed E-state index contributed by atoms with van der Waals surface area (Å²) in [6.07, 6.45) is 3.04. The van der Waals surface area contributed by atoms with Crippen molar-refractivity contribution in [2.45, 2.75) is 30.3 Å². The minimum atomic E-state index is -3.20. The highest BCUT2D eigenvalue weighted by Gasteiger charge is 2.41. The van der Waals surface area contributed by atoms with E-state index in [1.165, 1.54) is 6.26 Å². The fourth-order valence-corrected chi connectivity index (χ4v) is 5.70. The van der Waals surface area contributed by atoms with Crippen molar-refractivity contribution in [3.63, 3.8) is 0 Å². The molecular weight excluding hydrogens is 458 g/mol. The van der Waals surface area contributed by atoms with Crippen molar-refractivity contribution in [3.8, 4) is 5.75 Å². The van der Waals surface area contributed by atoms with Crippen LogP contribution in [0.1, 0.15) is 30.9 Å². The highest BCUT2D eigenvalue weighted by atomic mass is 32.2. The maximum absolute atomic E-state index is 12.1. The van der Waals surface area contributed by atoms with Crippen LogP contribution in [-0.4, -0.2) is 50.9 Å². The number of hydrogen-bond donors (Lipinski definition) is 1. The van der Waals surface area contributed by atoms with Crippen molar-refractivity contribution in [2.75, 3.05) is 32.5 Å². The van der Waals surface area contributed by atoms with Gasteiger partial charge in [-0.1, -0.05) is 67.6 Å². The van der Waals surface area contributed by atoms with Crippen LogP contribution in [0.3, 0.4) is 0 Å². The van der Waals surface area contributed by atoms with Crippen LogP contribution >= 0.6 is 0 Å². The van der Waals surface area contributed by atoms with E-state index in [-0.39, 0.29) is 5.92 Å². The van der Waals surface area contributed by atoms with E-state index in [1.54, 1.807) is 24.3 Å². The molecule has 1 atom stereocenters. The van der Waals surface area contributed by atoms with Gasteiger partial charge in [-0.15, -0.1) is 0 Å². The van der Waals surface area contributed by atoms with E-state index in [0.717, 1.165) is 43.6 Å². The number of aliphatic hydroxyl groups is 1. The number of ether oxygens (including phenoxy) is 1. The molecule has 0 aliphatic carbocycles. The van der Waals surface area contributed by atoms with Crippen LogP contribution in [0.5, 0.6) is 5.75 Å². The fourth-order valence-electron chi connectivity index (χ4n) is 5.07. The molecule has 4 rings (SSSR count). The summed E-state index contributed by atoms with van der Waals surface area (Å²) in [4.78, 5) is 2.75. The van der Waals surface area contributed by atoms with Crippen LogP contribution in [0.25, 0.3) is 0 Å². The number of sulfone groups is 1. The summed E-state index contributed by atoms with van der Waals surface area (Å²) in [5.41, 5.74) is 0.906. The third-order valence-electron chi connectivity index (χ3n) is 6.96. The normalized spacial score (nSPS) is 16.7. The summed E-state index contributed by atoms with van der Waals surface area (Å²) >= 11 is 0. The van der Waals surface area contributed by atoms with Gasteiger partial charge in [-0.05, 0) is 67.2 Å². The van der Waals surface area contributed by atoms with Gasteiger partial charge in [0.1, 0.15) is 11.4 Å². The van der Waals surface area contributed by atoms with Crippen LogP contribution in [0.2, 0.25) is 0 Å². The van der Waals surface area contributed by atoms with Crippen molar-refractivity contribution in [2.24, 2.45) is 11.8 Å². The van der Waals surface area contributed by atoms with Gasteiger partial charge in [0.15, 0.2) is 9.84 Å². The number of likely N-dealkylation sites (tertiary alicyclic amines) is 1. The Balaban J connectivity index is 1.33. The van der Waals surface area contributed by atoms with E-state index in [9.17, 15) is 13.5 Å². The molecule has 0 spiro atoms. The van der Waals surface area contributed by atoms with E-state index in [0.29, 0.717) is 23.2 Å². The molecule has 1 heterocycles. The predicted molar refractivity (Wildman–Crippen MR) is 139 cm³/mol. The van der Waals surface area contributed by atoms with Crippen LogP contribution in [0, 0.1) is 11.8 Å². The van der Waals surface area contributed by atoms with Gasteiger partial charge in [0.2, 0.25) is 0 Å². The Morgan fingerprint density at radius 1 is 0.914 bits per heavy atom. The van der Waals surface area contributed by atoms with Gasteiger partial charge in [-0.3, -0.25) is 0 Å². The van der Waals surface area contributed by atoms with E-state index in [2.05, 4.69) is 11.8 Å². The molecule has 1 aliphatic rings. The molecule has 0 aromatic heterocycles. The molecule has 1 saturated heterocycles. The molecular formula is C29H35NO4S. The zero-order valence-electron chi connectivity index (χ0n) is 20.5. The lowest BCUT2D eigenvalue weighted by Gasteiger charge is -2.42. The summed E-state index contributed by atoms with van der Waals surface area (Å²) in [6, 6.07) is 26.7. The number of piperidine rings is 1. The number of hydrogen-bond acceptors (Lipinski definition) is 5. The smallest absolute Gasteiger partial charge is 0.175 e. The van der Waals surface area contributed by atoms with Crippen molar-refractivity contribution >= 4 is 9.84 Å². The van der Waals surface area contributed by atoms with E-state index in [4.69, 9.17) is 4.74 Å². The van der Waals surface area contributed by atoms with E-state index < -0.39 is 15.4 Å². The van der Waals surface area contributed by atoms with Gasteiger partial charge in [-0.2, -0.15) is 0 Å². The molecule has 186 valence electrons. The Morgan fingerprint density at radius 2 is 1.43 bits per heavy atom. The molecule has 1 unspecified atom stereocenters. The Labute approximate surface area is 209 Å². The summed E-state index contributed by atoms with van der Waals surface area (Å²) in [5, 5.41) is 12.1. The molecule has 0 radical (unpaired) electrons. The van der Waals surface area contributed by atoms with E-state index in [1.807, 2.05) is 60.7 Å². The summed E-state index contributed by atoms with van der Waals surface area (Å²) < 4.78 is 29.1. The molecule has 0 saturated carbocycles. The average Bonchev–Trinajstić information content (AvgIpc) is 2.88. The van der Waals surface area contributed by atoms with Crippen LogP contribution in [-0.2, 0) is 15.4 Å². The molecule has 0 amide bonds. The molecule has 1 fully saturated rings. The highest BCUT2D eigenvalue weighted by molar-refractivity contribution is 7.90. The highest BCUT2D eigenvalue weighted by Crippen LogP contribution is 2.41. The molecule has 0 bridgehead atoms. The molecule has 3 aromatic carbocycles. The van der Waals surface area contributed by atoms with Crippen LogP contribution in [0.15, 0.2) is 89.8 Å². The lowest BCUT2D eigenvalue weighted by Crippen LogP contribution is -2.45. The molecule has 3 aromatic rings. The van der Waals surface area contributed by atoms with Gasteiger partial charge >= 0.3 is 0 Å². The van der Waals surface area contributed by atoms with Gasteiger partial charge in [0.25, 0.3) is 0 Å². The maximum Gasteiger partial charge on any atom is 0.175 e. The minimum absolute atomic E-state index is 0.142. The second-order valence-corrected chi connectivity index (χ2v) is 11.7. The number of benzene rings is 3. The first-order chi connectivity index (χ1) is 16.8. The molecule has 1 N–H and O–H groups in total. The standard InChI is InChI=1S/C29H35NO4S/c1-23(22-34-27-13-15-28(16-14-27)35(2,32)33)21-30-19-17-26(18-20-30)29(31,24-9-5-3-6-10-24)25-11-7-4-8-12-25/h3-16,23,26,31H,17-22H2,1-2H3. The number of rotatable bonds is 9. The van der Waals surface area contributed by atoms with Gasteiger partial charge < -0.3 is 14.7 Å². The third-order valence-corrected chi connectivity index (χ3v) is 8.09. The SMILES string of the molecule is CC(COc1ccc(S(C)(=O)=O)cc1)CN1CCC(C(O)(c2ccccc2)c2ccccc2)CC1. The first kappa shape index (κ1) is 25.4. The van der Waals surface area contributed by atoms with Gasteiger partial charge in [0, 0.05) is 18.7 Å². The van der Waals surface area contributed by atoms with Crippen molar-refractivity contribution in [1.29, 1.82) is 0 Å². The van der Waals surface area contributed by atoms with E-state index >= 15 is 0 Å². The Kier molecular flexibility index (Phi) is 7.95. The second kappa shape index (κ2) is 10.9. The molecule has 5 nitrogen and oxygen atoms in total. The van der Waals surface area contributed by atoms with Crippen molar-refractivity contribution < 1.29 is 18.3 Å². The Hall–Kier alpha value is -2.67. The zero-order valence-corrected chi connectivity index (χ0v) is 21.3. The first-order valence-corrected chi connectivity index (χ1v) is 14.1. The maximum atomic E-state index is 12.1. The first-order valence-electron chi connectivity index (χ1n) is 12.3. The van der Waals surface area contributed by atoms with Gasteiger partial charge in [0.05, 0.1) is 11.5 Å². The molecule has 6 heteroatoms. The largest absolute Gasteiger partial charge is 0.493 e. The fraction of sp³-hybridized carbons (Fsp3) is 0.379.